The van der Waals surface area contributed by atoms with Crippen molar-refractivity contribution in [2.24, 2.45) is 0 Å². The number of Topliss-reactive ketones (excluding diaryl/α,β-unsaturated/α-hetero) is 1. The van der Waals surface area contributed by atoms with Gasteiger partial charge < -0.3 is 5.32 Å². The van der Waals surface area contributed by atoms with E-state index >= 15 is 0 Å². The number of hydrogen-bond donors (Lipinski definition) is 1. The molecule has 1 aromatic heterocycles. The van der Waals surface area contributed by atoms with Gasteiger partial charge in [0.2, 0.25) is 0 Å². The number of hydrogen-bond acceptors (Lipinski definition) is 4. The van der Waals surface area contributed by atoms with Crippen molar-refractivity contribution in [3.63, 3.8) is 0 Å². The smallest absolute Gasteiger partial charge is 0.170 e. The fourth-order valence-corrected chi connectivity index (χ4v) is 2.83. The lowest BCUT2D eigenvalue weighted by atomic mass is 9.94. The van der Waals surface area contributed by atoms with Gasteiger partial charge in [0, 0.05) is 24.3 Å². The lowest BCUT2D eigenvalue weighted by Gasteiger charge is -2.20. The highest BCUT2D eigenvalue weighted by Gasteiger charge is 2.19. The van der Waals surface area contributed by atoms with Crippen LogP contribution in [0.25, 0.3) is 0 Å². The maximum absolute atomic E-state index is 12.6. The second kappa shape index (κ2) is 6.08. The molecule has 0 atom stereocenters. The van der Waals surface area contributed by atoms with Crippen LogP contribution in [-0.4, -0.2) is 27.1 Å². The van der Waals surface area contributed by atoms with Crippen molar-refractivity contribution in [1.29, 1.82) is 0 Å². The first-order chi connectivity index (χ1) is 10.3. The van der Waals surface area contributed by atoms with Gasteiger partial charge in [-0.15, -0.1) is 0 Å². The summed E-state index contributed by atoms with van der Waals surface area (Å²) in [5.41, 5.74) is 3.07. The van der Waals surface area contributed by atoms with E-state index in [0.717, 1.165) is 55.0 Å². The van der Waals surface area contributed by atoms with Crippen molar-refractivity contribution >= 4 is 11.5 Å². The number of nitrogens with one attached hydrogen (secondary N) is 1. The number of nitrogens with zero attached hydrogens (tertiary/aromatic N) is 3. The van der Waals surface area contributed by atoms with E-state index < -0.39 is 0 Å². The van der Waals surface area contributed by atoms with Crippen molar-refractivity contribution in [2.45, 2.75) is 39.2 Å². The predicted octanol–water partition coefficient (Wildman–Crippen LogP) is 2.47. The molecule has 0 amide bonds. The van der Waals surface area contributed by atoms with E-state index in [0.29, 0.717) is 6.42 Å². The Bertz CT molecular complexity index is 647. The number of carbonyl (C=O) groups is 1. The van der Waals surface area contributed by atoms with Gasteiger partial charge >= 0.3 is 0 Å². The Morgan fingerprint density at radius 1 is 1.43 bits per heavy atom. The van der Waals surface area contributed by atoms with Gasteiger partial charge in [-0.2, -0.15) is 5.10 Å². The number of aromatic nitrogens is 3. The summed E-state index contributed by atoms with van der Waals surface area (Å²) in [4.78, 5) is 16.9. The van der Waals surface area contributed by atoms with E-state index in [1.54, 1.807) is 0 Å². The molecule has 0 spiro atoms. The van der Waals surface area contributed by atoms with Crippen LogP contribution in [0.4, 0.5) is 5.69 Å². The van der Waals surface area contributed by atoms with Crippen molar-refractivity contribution in [3.8, 4) is 0 Å². The number of benzene rings is 1. The van der Waals surface area contributed by atoms with Gasteiger partial charge in [0.15, 0.2) is 5.78 Å². The molecule has 21 heavy (non-hydrogen) atoms. The standard InChI is InChI=1S/C16H20N4O/c1-2-9-20-16(18-11-19-20)10-15(21)13-5-3-7-14-12(13)6-4-8-17-14/h3,5,7,11,17H,2,4,6,8-10H2,1H3. The Morgan fingerprint density at radius 3 is 3.19 bits per heavy atom. The molecule has 3 rings (SSSR count). The number of aryl methyl sites for hydroxylation is 1. The van der Waals surface area contributed by atoms with Gasteiger partial charge in [0.25, 0.3) is 0 Å². The number of anilines is 1. The first-order valence-corrected chi connectivity index (χ1v) is 7.55. The Balaban J connectivity index is 1.84. The molecular weight excluding hydrogens is 264 g/mol. The summed E-state index contributed by atoms with van der Waals surface area (Å²) in [6.07, 6.45) is 4.86. The van der Waals surface area contributed by atoms with E-state index in [9.17, 15) is 4.79 Å². The molecule has 0 unspecified atom stereocenters. The Morgan fingerprint density at radius 2 is 2.33 bits per heavy atom. The Labute approximate surface area is 124 Å². The minimum atomic E-state index is 0.126. The average molecular weight is 284 g/mol. The van der Waals surface area contributed by atoms with Crippen LogP contribution in [-0.2, 0) is 19.4 Å². The summed E-state index contributed by atoms with van der Waals surface area (Å²) in [7, 11) is 0. The van der Waals surface area contributed by atoms with E-state index in [1.807, 2.05) is 22.9 Å². The van der Waals surface area contributed by atoms with Crippen molar-refractivity contribution < 1.29 is 4.79 Å². The molecule has 1 aromatic carbocycles. The van der Waals surface area contributed by atoms with Gasteiger partial charge in [0.1, 0.15) is 12.2 Å². The molecule has 0 aliphatic carbocycles. The maximum atomic E-state index is 12.6. The molecule has 1 aliphatic heterocycles. The van der Waals surface area contributed by atoms with E-state index in [-0.39, 0.29) is 5.78 Å². The summed E-state index contributed by atoms with van der Waals surface area (Å²) >= 11 is 0. The number of fused-ring (bicyclic) bond motifs is 1. The summed E-state index contributed by atoms with van der Waals surface area (Å²) in [6, 6.07) is 5.92. The third-order valence-electron chi connectivity index (χ3n) is 3.85. The van der Waals surface area contributed by atoms with Crippen LogP contribution in [0.2, 0.25) is 0 Å². The van der Waals surface area contributed by atoms with Crippen LogP contribution in [0.5, 0.6) is 0 Å². The Hall–Kier alpha value is -2.17. The monoisotopic (exact) mass is 284 g/mol. The SMILES string of the molecule is CCCn1ncnc1CC(=O)c1cccc2c1CCCN2. The van der Waals surface area contributed by atoms with Crippen LogP contribution >= 0.6 is 0 Å². The minimum Gasteiger partial charge on any atom is -0.385 e. The molecule has 5 nitrogen and oxygen atoms in total. The molecule has 110 valence electrons. The van der Waals surface area contributed by atoms with E-state index in [1.165, 1.54) is 6.33 Å². The molecule has 0 saturated heterocycles. The van der Waals surface area contributed by atoms with E-state index in [4.69, 9.17) is 0 Å². The first-order valence-electron chi connectivity index (χ1n) is 7.55. The zero-order valence-corrected chi connectivity index (χ0v) is 12.3. The quantitative estimate of drug-likeness (QED) is 0.857. The highest BCUT2D eigenvalue weighted by Crippen LogP contribution is 2.26. The normalized spacial score (nSPS) is 13.6. The molecule has 2 aromatic rings. The van der Waals surface area contributed by atoms with Crippen molar-refractivity contribution in [1.82, 2.24) is 14.8 Å². The fourth-order valence-electron chi connectivity index (χ4n) is 2.83. The second-order valence-electron chi connectivity index (χ2n) is 5.36. The zero-order chi connectivity index (χ0) is 14.7. The van der Waals surface area contributed by atoms with E-state index in [2.05, 4.69) is 22.3 Å². The lowest BCUT2D eigenvalue weighted by Crippen LogP contribution is -2.17. The zero-order valence-electron chi connectivity index (χ0n) is 12.3. The maximum Gasteiger partial charge on any atom is 0.170 e. The summed E-state index contributed by atoms with van der Waals surface area (Å²) in [6.45, 7) is 3.87. The fraction of sp³-hybridized carbons (Fsp3) is 0.438. The van der Waals surface area contributed by atoms with Crippen LogP contribution in [0.3, 0.4) is 0 Å². The molecule has 0 saturated carbocycles. The van der Waals surface area contributed by atoms with Gasteiger partial charge in [-0.05, 0) is 30.9 Å². The molecule has 2 heterocycles. The summed E-state index contributed by atoms with van der Waals surface area (Å²) < 4.78 is 1.82. The van der Waals surface area contributed by atoms with Crippen LogP contribution < -0.4 is 5.32 Å². The minimum absolute atomic E-state index is 0.126. The summed E-state index contributed by atoms with van der Waals surface area (Å²) in [5.74, 6) is 0.879. The number of ketones is 1. The largest absolute Gasteiger partial charge is 0.385 e. The van der Waals surface area contributed by atoms with Gasteiger partial charge in [-0.3, -0.25) is 4.79 Å². The first kappa shape index (κ1) is 13.8. The summed E-state index contributed by atoms with van der Waals surface area (Å²) in [5, 5.41) is 7.54. The third-order valence-corrected chi connectivity index (χ3v) is 3.85. The molecule has 0 radical (unpaired) electrons. The average Bonchev–Trinajstić information content (AvgIpc) is 2.94. The molecule has 5 heteroatoms. The van der Waals surface area contributed by atoms with Crippen molar-refractivity contribution in [2.75, 3.05) is 11.9 Å². The predicted molar refractivity (Wildman–Crippen MR) is 81.6 cm³/mol. The second-order valence-corrected chi connectivity index (χ2v) is 5.36. The molecule has 1 aliphatic rings. The molecule has 0 bridgehead atoms. The number of carbonyl (C=O) groups excluding carboxylic acids is 1. The van der Waals surface area contributed by atoms with Crippen molar-refractivity contribution in [3.05, 3.63) is 41.5 Å². The van der Waals surface area contributed by atoms with Gasteiger partial charge in [-0.1, -0.05) is 19.1 Å². The van der Waals surface area contributed by atoms with Crippen LogP contribution in [0.15, 0.2) is 24.5 Å². The highest BCUT2D eigenvalue weighted by molar-refractivity contribution is 5.99. The highest BCUT2D eigenvalue weighted by atomic mass is 16.1. The van der Waals surface area contributed by atoms with Crippen LogP contribution in [0, 0.1) is 0 Å². The molecule has 1 N–H and O–H groups in total. The molecule has 0 fully saturated rings. The van der Waals surface area contributed by atoms with Gasteiger partial charge in [-0.25, -0.2) is 9.67 Å². The van der Waals surface area contributed by atoms with Gasteiger partial charge in [0.05, 0.1) is 6.42 Å². The number of rotatable bonds is 5. The molecular formula is C16H20N4O. The third kappa shape index (κ3) is 2.82. The van der Waals surface area contributed by atoms with Crippen LogP contribution in [0.1, 0.15) is 41.5 Å². The lowest BCUT2D eigenvalue weighted by molar-refractivity contribution is 0.0988. The topological polar surface area (TPSA) is 59.8 Å². The Kier molecular flexibility index (Phi) is 3.99.